The summed E-state index contributed by atoms with van der Waals surface area (Å²) in [5, 5.41) is 8.79. The number of carboxylic acid groups (broad SMARTS) is 1. The van der Waals surface area contributed by atoms with Gasteiger partial charge in [-0.2, -0.15) is 0 Å². The molecule has 0 amide bonds. The lowest BCUT2D eigenvalue weighted by Gasteiger charge is -2.06. The Kier molecular flexibility index (Phi) is 6.62. The maximum Gasteiger partial charge on any atom is 0.338 e. The van der Waals surface area contributed by atoms with Gasteiger partial charge in [-0.1, -0.05) is 13.3 Å². The Balaban J connectivity index is 0.00000220. The number of hydrogen-bond acceptors (Lipinski definition) is 4. The fourth-order valence-electron chi connectivity index (χ4n) is 1.62. The summed E-state index contributed by atoms with van der Waals surface area (Å²) in [6.07, 6.45) is 4.73. The van der Waals surface area contributed by atoms with Gasteiger partial charge in [0, 0.05) is 18.0 Å². The molecule has 0 aliphatic carbocycles. The number of ether oxygens (including phenoxy) is 1. The minimum atomic E-state index is -1.03. The van der Waals surface area contributed by atoms with Crippen molar-refractivity contribution in [2.75, 3.05) is 6.61 Å². The molecule has 0 atom stereocenters. The van der Waals surface area contributed by atoms with Crippen molar-refractivity contribution in [1.29, 1.82) is 0 Å². The first kappa shape index (κ1) is 16.9. The normalized spacial score (nSPS) is 9.76. The van der Waals surface area contributed by atoms with Gasteiger partial charge in [-0.15, -0.1) is 12.4 Å². The molecule has 1 aromatic heterocycles. The van der Waals surface area contributed by atoms with E-state index >= 15 is 0 Å². The molecule has 0 radical (unpaired) electrons. The summed E-state index contributed by atoms with van der Waals surface area (Å²) in [5.74, 6) is 0.274. The first-order valence-electron chi connectivity index (χ1n) is 6.49. The smallest absolute Gasteiger partial charge is 0.338 e. The number of carboxylic acids is 1. The highest BCUT2D eigenvalue weighted by molar-refractivity contribution is 5.86. The molecule has 2 rings (SSSR count). The minimum absolute atomic E-state index is 0. The van der Waals surface area contributed by atoms with E-state index in [9.17, 15) is 4.79 Å². The monoisotopic (exact) mass is 308 g/mol. The summed E-state index contributed by atoms with van der Waals surface area (Å²) in [7, 11) is 0. The predicted octanol–water partition coefficient (Wildman–Crippen LogP) is 3.44. The number of nitrogens with zero attached hydrogens (tertiary/aromatic N) is 2. The van der Waals surface area contributed by atoms with E-state index in [-0.39, 0.29) is 18.0 Å². The molecule has 1 aromatic carbocycles. The average Bonchev–Trinajstić information content (AvgIpc) is 2.48. The van der Waals surface area contributed by atoms with Crippen molar-refractivity contribution in [3.63, 3.8) is 0 Å². The Morgan fingerprint density at radius 3 is 2.33 bits per heavy atom. The summed E-state index contributed by atoms with van der Waals surface area (Å²) in [5.41, 5.74) is 0.901. The van der Waals surface area contributed by atoms with E-state index in [1.807, 2.05) is 24.3 Å². The topological polar surface area (TPSA) is 72.3 Å². The lowest BCUT2D eigenvalue weighted by molar-refractivity contribution is 0.0696. The zero-order chi connectivity index (χ0) is 14.4. The van der Waals surface area contributed by atoms with Crippen LogP contribution < -0.4 is 4.74 Å². The van der Waals surface area contributed by atoms with Crippen molar-refractivity contribution in [1.82, 2.24) is 9.97 Å². The van der Waals surface area contributed by atoms with E-state index in [2.05, 4.69) is 16.9 Å². The van der Waals surface area contributed by atoms with Crippen LogP contribution in [0.15, 0.2) is 36.7 Å². The fourth-order valence-corrected chi connectivity index (χ4v) is 1.62. The number of carbonyl (C=O) groups is 1. The zero-order valence-corrected chi connectivity index (χ0v) is 12.5. The van der Waals surface area contributed by atoms with Crippen molar-refractivity contribution in [2.45, 2.75) is 19.8 Å². The van der Waals surface area contributed by atoms with Crippen LogP contribution in [0.3, 0.4) is 0 Å². The van der Waals surface area contributed by atoms with E-state index < -0.39 is 5.97 Å². The Morgan fingerprint density at radius 2 is 1.81 bits per heavy atom. The number of rotatable bonds is 6. The van der Waals surface area contributed by atoms with E-state index in [1.165, 1.54) is 12.4 Å². The molecule has 1 heterocycles. The summed E-state index contributed by atoms with van der Waals surface area (Å²) in [6, 6.07) is 7.44. The second-order valence-corrected chi connectivity index (χ2v) is 4.33. The third kappa shape index (κ3) is 4.72. The highest BCUT2D eigenvalue weighted by atomic mass is 35.5. The molecule has 0 aliphatic heterocycles. The minimum Gasteiger partial charge on any atom is -0.494 e. The Hall–Kier alpha value is -2.14. The van der Waals surface area contributed by atoms with Crippen LogP contribution in [0.1, 0.15) is 30.1 Å². The van der Waals surface area contributed by atoms with Gasteiger partial charge in [0.1, 0.15) is 5.75 Å². The number of unbranched alkanes of at least 4 members (excludes halogenated alkanes) is 1. The third-order valence-corrected chi connectivity index (χ3v) is 2.78. The molecule has 21 heavy (non-hydrogen) atoms. The SMILES string of the molecule is CCCCOc1ccc(-c2ncc(C(=O)O)cn2)cc1.Cl. The van der Waals surface area contributed by atoms with Gasteiger partial charge < -0.3 is 9.84 Å². The number of aromatic nitrogens is 2. The maximum atomic E-state index is 10.7. The van der Waals surface area contributed by atoms with Gasteiger partial charge in [0.05, 0.1) is 12.2 Å². The van der Waals surface area contributed by atoms with Gasteiger partial charge in [-0.25, -0.2) is 14.8 Å². The van der Waals surface area contributed by atoms with Crippen molar-refractivity contribution in [3.05, 3.63) is 42.2 Å². The van der Waals surface area contributed by atoms with Gasteiger partial charge >= 0.3 is 5.97 Å². The number of halogens is 1. The molecule has 0 bridgehead atoms. The van der Waals surface area contributed by atoms with Crippen molar-refractivity contribution in [3.8, 4) is 17.1 Å². The standard InChI is InChI=1S/C15H16N2O3.ClH/c1-2-3-8-20-13-6-4-11(5-7-13)14-16-9-12(10-17-14)15(18)19;/h4-7,9-10H,2-3,8H2,1H3,(H,18,19);1H. The van der Waals surface area contributed by atoms with Crippen LogP contribution in [0.4, 0.5) is 0 Å². The van der Waals surface area contributed by atoms with E-state index in [4.69, 9.17) is 9.84 Å². The largest absolute Gasteiger partial charge is 0.494 e. The Bertz CT molecular complexity index is 570. The van der Waals surface area contributed by atoms with Gasteiger partial charge in [0.2, 0.25) is 0 Å². The van der Waals surface area contributed by atoms with Crippen LogP contribution in [0.5, 0.6) is 5.75 Å². The van der Waals surface area contributed by atoms with Gasteiger partial charge in [0.25, 0.3) is 0 Å². The maximum absolute atomic E-state index is 10.7. The van der Waals surface area contributed by atoms with Crippen LogP contribution >= 0.6 is 12.4 Å². The van der Waals surface area contributed by atoms with Crippen molar-refractivity contribution < 1.29 is 14.6 Å². The third-order valence-electron chi connectivity index (χ3n) is 2.78. The lowest BCUT2D eigenvalue weighted by Crippen LogP contribution is -1.99. The summed E-state index contributed by atoms with van der Waals surface area (Å²) in [4.78, 5) is 18.8. The molecule has 0 saturated heterocycles. The zero-order valence-electron chi connectivity index (χ0n) is 11.7. The molecule has 0 unspecified atom stereocenters. The highest BCUT2D eigenvalue weighted by Gasteiger charge is 2.06. The quantitative estimate of drug-likeness (QED) is 0.828. The fraction of sp³-hybridized carbons (Fsp3) is 0.267. The number of aromatic carboxylic acids is 1. The molecule has 1 N–H and O–H groups in total. The second-order valence-electron chi connectivity index (χ2n) is 4.33. The van der Waals surface area contributed by atoms with Gasteiger partial charge in [0.15, 0.2) is 5.82 Å². The molecular formula is C15H17ClN2O3. The van der Waals surface area contributed by atoms with Crippen LogP contribution in [-0.2, 0) is 0 Å². The first-order valence-corrected chi connectivity index (χ1v) is 6.49. The lowest BCUT2D eigenvalue weighted by atomic mass is 10.2. The average molecular weight is 309 g/mol. The molecule has 2 aromatic rings. The molecule has 112 valence electrons. The second kappa shape index (κ2) is 8.21. The Labute approximate surface area is 129 Å². The summed E-state index contributed by atoms with van der Waals surface area (Å²) in [6.45, 7) is 2.82. The van der Waals surface area contributed by atoms with Crippen LogP contribution in [0.25, 0.3) is 11.4 Å². The van der Waals surface area contributed by atoms with E-state index in [0.717, 1.165) is 24.2 Å². The highest BCUT2D eigenvalue weighted by Crippen LogP contribution is 2.19. The molecular weight excluding hydrogens is 292 g/mol. The first-order chi connectivity index (χ1) is 9.70. The van der Waals surface area contributed by atoms with Crippen molar-refractivity contribution >= 4 is 18.4 Å². The van der Waals surface area contributed by atoms with Crippen molar-refractivity contribution in [2.24, 2.45) is 0 Å². The predicted molar refractivity (Wildman–Crippen MR) is 82.1 cm³/mol. The molecule has 0 saturated carbocycles. The van der Waals surface area contributed by atoms with E-state index in [1.54, 1.807) is 0 Å². The molecule has 0 fully saturated rings. The Morgan fingerprint density at radius 1 is 1.19 bits per heavy atom. The van der Waals surface area contributed by atoms with Crippen LogP contribution in [0, 0.1) is 0 Å². The summed E-state index contributed by atoms with van der Waals surface area (Å²) >= 11 is 0. The molecule has 5 nitrogen and oxygen atoms in total. The molecule has 6 heteroatoms. The number of hydrogen-bond donors (Lipinski definition) is 1. The van der Waals surface area contributed by atoms with Crippen LogP contribution in [-0.4, -0.2) is 27.7 Å². The van der Waals surface area contributed by atoms with Gasteiger partial charge in [-0.05, 0) is 30.7 Å². The molecule has 0 spiro atoms. The van der Waals surface area contributed by atoms with Crippen LogP contribution in [0.2, 0.25) is 0 Å². The summed E-state index contributed by atoms with van der Waals surface area (Å²) < 4.78 is 5.57. The van der Waals surface area contributed by atoms with E-state index in [0.29, 0.717) is 12.4 Å². The number of benzene rings is 1. The molecule has 0 aliphatic rings. The van der Waals surface area contributed by atoms with Gasteiger partial charge in [-0.3, -0.25) is 0 Å².